The Kier molecular flexibility index (Phi) is 8.15. The molecule has 0 N–H and O–H groups in total. The second-order valence-corrected chi connectivity index (χ2v) is 0.706. The van der Waals surface area contributed by atoms with Crippen LogP contribution in [0.1, 0.15) is 6.92 Å². The van der Waals surface area contributed by atoms with E-state index in [9.17, 15) is 9.59 Å². The molecule has 0 bridgehead atoms. The minimum Gasteiger partial charge on any atom is -0.396 e. The number of carbonyl (C=O) groups excluding carboxylic acids is 2. The van der Waals surface area contributed by atoms with E-state index in [1.807, 2.05) is 0 Å². The van der Waals surface area contributed by atoms with Crippen LogP contribution >= 0.6 is 0 Å². The van der Waals surface area contributed by atoms with E-state index in [0.717, 1.165) is 6.92 Å². The summed E-state index contributed by atoms with van der Waals surface area (Å²) in [5.41, 5.74) is 0. The Morgan fingerprint density at radius 1 is 1.71 bits per heavy atom. The van der Waals surface area contributed by atoms with Crippen LogP contribution in [0.5, 0.6) is 0 Å². The van der Waals surface area contributed by atoms with Crippen LogP contribution in [0, 0.1) is 0 Å². The molecule has 4 heteroatoms. The molecule has 0 fully saturated rings. The van der Waals surface area contributed by atoms with Crippen molar-refractivity contribution in [3.63, 3.8) is 0 Å². The van der Waals surface area contributed by atoms with Gasteiger partial charge >= 0.3 is 12.4 Å². The van der Waals surface area contributed by atoms with Gasteiger partial charge in [-0.15, -0.1) is 0 Å². The molecule has 0 aliphatic carbocycles. The second-order valence-electron chi connectivity index (χ2n) is 0.706. The molecule has 0 aliphatic heterocycles. The number of hydrogen-bond acceptors (Lipinski definition) is 3. The van der Waals surface area contributed by atoms with Crippen LogP contribution in [0.25, 0.3) is 0 Å². The van der Waals surface area contributed by atoms with Crippen molar-refractivity contribution in [2.45, 2.75) is 6.92 Å². The molecule has 0 aromatic heterocycles. The predicted octanol–water partition coefficient (Wildman–Crippen LogP) is -0.297. The summed E-state index contributed by atoms with van der Waals surface area (Å²) < 4.78 is 3.72. The third-order valence-corrected chi connectivity index (χ3v) is 0.214. The largest absolute Gasteiger partial charge is 0.396 e. The Morgan fingerprint density at radius 2 is 2.14 bits per heavy atom. The number of hydrogen-bond donors (Lipinski definition) is 0. The van der Waals surface area contributed by atoms with Gasteiger partial charge in [0.05, 0.1) is 0 Å². The molecule has 0 saturated heterocycles. The summed E-state index contributed by atoms with van der Waals surface area (Å²) in [5.74, 6) is -0.579. The van der Waals surface area contributed by atoms with Crippen LogP contribution < -0.4 is 0 Å². The van der Waals surface area contributed by atoms with Gasteiger partial charge in [0, 0.05) is 26.4 Å². The summed E-state index contributed by atoms with van der Waals surface area (Å²) >= 11 is 0. The third-order valence-electron chi connectivity index (χ3n) is 0.214. The molecule has 0 unspecified atom stereocenters. The SMILES string of the molecule is CC(=O)OC=O.[Ru]. The van der Waals surface area contributed by atoms with E-state index in [2.05, 4.69) is 4.74 Å². The van der Waals surface area contributed by atoms with Crippen LogP contribution in [0.3, 0.4) is 0 Å². The fraction of sp³-hybridized carbons (Fsp3) is 0.333. The zero-order valence-electron chi connectivity index (χ0n) is 3.66. The summed E-state index contributed by atoms with van der Waals surface area (Å²) in [7, 11) is 0. The quantitative estimate of drug-likeness (QED) is 0.246. The summed E-state index contributed by atoms with van der Waals surface area (Å²) in [6, 6.07) is 0. The number of carbonyl (C=O) groups is 2. The topological polar surface area (TPSA) is 43.4 Å². The third kappa shape index (κ3) is 10.7. The maximum atomic E-state index is 9.59. The molecule has 0 rings (SSSR count). The predicted molar refractivity (Wildman–Crippen MR) is 17.8 cm³/mol. The molecule has 0 aromatic carbocycles. The Morgan fingerprint density at radius 3 is 2.14 bits per heavy atom. The molecule has 0 spiro atoms. The molecule has 3 nitrogen and oxygen atoms in total. The number of ether oxygens (including phenoxy) is 1. The van der Waals surface area contributed by atoms with Crippen molar-refractivity contribution in [3.8, 4) is 0 Å². The van der Waals surface area contributed by atoms with Crippen LogP contribution in [0.2, 0.25) is 0 Å². The Bertz CT molecular complexity index is 70.6. The summed E-state index contributed by atoms with van der Waals surface area (Å²) in [4.78, 5) is 18.8. The van der Waals surface area contributed by atoms with Gasteiger partial charge in [-0.1, -0.05) is 0 Å². The van der Waals surface area contributed by atoms with Gasteiger partial charge in [0.2, 0.25) is 0 Å². The second kappa shape index (κ2) is 5.76. The Labute approximate surface area is 53.8 Å². The van der Waals surface area contributed by atoms with Crippen molar-refractivity contribution in [1.29, 1.82) is 0 Å². The van der Waals surface area contributed by atoms with E-state index in [-0.39, 0.29) is 26.0 Å². The summed E-state index contributed by atoms with van der Waals surface area (Å²) in [6.07, 6.45) is 0. The van der Waals surface area contributed by atoms with E-state index in [0.29, 0.717) is 0 Å². The van der Waals surface area contributed by atoms with Crippen molar-refractivity contribution in [2.24, 2.45) is 0 Å². The molecule has 0 amide bonds. The molecule has 0 aromatic rings. The molecule has 0 radical (unpaired) electrons. The monoisotopic (exact) mass is 190 g/mol. The van der Waals surface area contributed by atoms with E-state index >= 15 is 0 Å². The average Bonchev–Trinajstić information content (AvgIpc) is 1.35. The van der Waals surface area contributed by atoms with Crippen molar-refractivity contribution in [3.05, 3.63) is 0 Å². The van der Waals surface area contributed by atoms with Crippen LogP contribution in [-0.4, -0.2) is 12.4 Å². The first-order valence-electron chi connectivity index (χ1n) is 1.38. The molecular weight excluding hydrogens is 185 g/mol. The molecule has 0 aliphatic rings. The van der Waals surface area contributed by atoms with Crippen LogP contribution in [0.15, 0.2) is 0 Å². The maximum Gasteiger partial charge on any atom is 0.310 e. The minimum atomic E-state index is -0.579. The van der Waals surface area contributed by atoms with Gasteiger partial charge < -0.3 is 4.74 Å². The van der Waals surface area contributed by atoms with Gasteiger partial charge in [0.15, 0.2) is 0 Å². The van der Waals surface area contributed by atoms with Crippen molar-refractivity contribution < 1.29 is 33.8 Å². The smallest absolute Gasteiger partial charge is 0.310 e. The first kappa shape index (κ1) is 9.90. The fourth-order valence-electron chi connectivity index (χ4n) is 0.0678. The van der Waals surface area contributed by atoms with Crippen LogP contribution in [-0.2, 0) is 33.8 Å². The number of rotatable bonds is 1. The van der Waals surface area contributed by atoms with E-state index < -0.39 is 5.97 Å². The van der Waals surface area contributed by atoms with Gasteiger partial charge in [-0.3, -0.25) is 9.59 Å². The molecular formula is C3H4O3Ru. The van der Waals surface area contributed by atoms with Crippen molar-refractivity contribution in [2.75, 3.05) is 0 Å². The van der Waals surface area contributed by atoms with Gasteiger partial charge in [-0.25, -0.2) is 0 Å². The van der Waals surface area contributed by atoms with Gasteiger partial charge in [0.25, 0.3) is 0 Å². The van der Waals surface area contributed by atoms with Crippen molar-refractivity contribution >= 4 is 12.4 Å². The zero-order chi connectivity index (χ0) is 4.99. The minimum absolute atomic E-state index is 0. The van der Waals surface area contributed by atoms with Crippen LogP contribution in [0.4, 0.5) is 0 Å². The zero-order valence-corrected chi connectivity index (χ0v) is 5.39. The van der Waals surface area contributed by atoms with E-state index in [4.69, 9.17) is 0 Å². The first-order valence-corrected chi connectivity index (χ1v) is 1.38. The number of esters is 1. The molecule has 0 heterocycles. The van der Waals surface area contributed by atoms with E-state index in [1.54, 1.807) is 0 Å². The van der Waals surface area contributed by atoms with E-state index in [1.165, 1.54) is 0 Å². The fourth-order valence-corrected chi connectivity index (χ4v) is 0.0678. The molecule has 7 heavy (non-hydrogen) atoms. The summed E-state index contributed by atoms with van der Waals surface area (Å²) in [5, 5.41) is 0. The molecule has 42 valence electrons. The normalized spacial score (nSPS) is 5.86. The maximum absolute atomic E-state index is 9.59. The van der Waals surface area contributed by atoms with Crippen molar-refractivity contribution in [1.82, 2.24) is 0 Å². The van der Waals surface area contributed by atoms with Gasteiger partial charge in [-0.05, 0) is 0 Å². The Balaban J connectivity index is 0. The summed E-state index contributed by atoms with van der Waals surface area (Å²) in [6.45, 7) is 1.26. The molecule has 0 saturated carbocycles. The molecule has 0 atom stereocenters. The standard InChI is InChI=1S/C3H4O3.Ru/c1-3(5)6-2-4;/h2H,1H3;. The van der Waals surface area contributed by atoms with Gasteiger partial charge in [-0.2, -0.15) is 0 Å². The first-order chi connectivity index (χ1) is 2.77. The average molecular weight is 189 g/mol. The Hall–Kier alpha value is -0.237. The van der Waals surface area contributed by atoms with Gasteiger partial charge in [0.1, 0.15) is 0 Å².